The van der Waals surface area contributed by atoms with E-state index in [9.17, 15) is 18.0 Å². The number of halogens is 3. The lowest BCUT2D eigenvalue weighted by Gasteiger charge is -2.31. The highest BCUT2D eigenvalue weighted by molar-refractivity contribution is 5.79. The Morgan fingerprint density at radius 1 is 1.26 bits per heavy atom. The molecule has 2 heterocycles. The number of carbonyl (C=O) groups excluding carboxylic acids is 1. The van der Waals surface area contributed by atoms with Crippen molar-refractivity contribution in [2.45, 2.75) is 96.9 Å². The van der Waals surface area contributed by atoms with Crippen LogP contribution in [-0.4, -0.2) is 34.4 Å². The second kappa shape index (κ2) is 10.3. The molecule has 0 radical (unpaired) electrons. The van der Waals surface area contributed by atoms with Gasteiger partial charge in [0.05, 0.1) is 5.56 Å². The maximum Gasteiger partial charge on any atom is 0.417 e. The smallest absolute Gasteiger partial charge is 0.338 e. The summed E-state index contributed by atoms with van der Waals surface area (Å²) in [6.07, 6.45) is 4.33. The van der Waals surface area contributed by atoms with Crippen LogP contribution in [0.2, 0.25) is 0 Å². The van der Waals surface area contributed by atoms with E-state index >= 15 is 0 Å². The molecule has 1 fully saturated rings. The molecule has 1 saturated carbocycles. The quantitative estimate of drug-likeness (QED) is 0.594. The molecule has 1 aliphatic carbocycles. The van der Waals surface area contributed by atoms with Gasteiger partial charge in [0, 0.05) is 49.4 Å². The molecule has 4 atom stereocenters. The minimum absolute atomic E-state index is 0.0371. The minimum atomic E-state index is -4.41. The van der Waals surface area contributed by atoms with Crippen LogP contribution in [0.4, 0.5) is 13.2 Å². The number of amides is 1. The molecule has 174 valence electrons. The summed E-state index contributed by atoms with van der Waals surface area (Å²) in [5.74, 6) is 0.785. The highest BCUT2D eigenvalue weighted by atomic mass is 19.4. The standard InChI is InChI=1S/C24H36F3N3O/c1-4-16(3)6-8-20(5-2)29-21-9-7-17(13-21)23(31)30-11-10-22-18(15-30)12-19(14-28-22)24(25,26)27/h12,14,16-17,20-21,29H,4-11,13,15H2,1-3H3. The van der Waals surface area contributed by atoms with Gasteiger partial charge in [-0.25, -0.2) is 0 Å². The average molecular weight is 440 g/mol. The van der Waals surface area contributed by atoms with Gasteiger partial charge in [0.25, 0.3) is 0 Å². The van der Waals surface area contributed by atoms with Gasteiger partial charge in [0.1, 0.15) is 0 Å². The molecule has 2 aliphatic rings. The molecule has 0 saturated heterocycles. The Morgan fingerprint density at radius 2 is 2.03 bits per heavy atom. The first-order valence-corrected chi connectivity index (χ1v) is 11.8. The van der Waals surface area contributed by atoms with Crippen molar-refractivity contribution in [2.24, 2.45) is 11.8 Å². The predicted octanol–water partition coefficient (Wildman–Crippen LogP) is 5.35. The van der Waals surface area contributed by atoms with Gasteiger partial charge in [0.2, 0.25) is 5.91 Å². The zero-order chi connectivity index (χ0) is 22.6. The second-order valence-corrected chi connectivity index (χ2v) is 9.41. The molecule has 4 nitrogen and oxygen atoms in total. The Hall–Kier alpha value is -1.63. The first kappa shape index (κ1) is 24.0. The topological polar surface area (TPSA) is 45.2 Å². The summed E-state index contributed by atoms with van der Waals surface area (Å²) in [6.45, 7) is 7.49. The van der Waals surface area contributed by atoms with Crippen LogP contribution in [0, 0.1) is 11.8 Å². The molecular weight excluding hydrogens is 403 g/mol. The first-order chi connectivity index (χ1) is 14.7. The SMILES string of the molecule is CCC(C)CCC(CC)NC1CCC(C(=O)N2CCc3ncc(C(F)(F)F)cc3C2)C1. The van der Waals surface area contributed by atoms with Crippen LogP contribution in [0.25, 0.3) is 0 Å². The van der Waals surface area contributed by atoms with Crippen LogP contribution >= 0.6 is 0 Å². The summed E-state index contributed by atoms with van der Waals surface area (Å²) in [6, 6.07) is 2.00. The number of rotatable bonds is 8. The average Bonchev–Trinajstić information content (AvgIpc) is 3.22. The van der Waals surface area contributed by atoms with E-state index in [0.717, 1.165) is 50.3 Å². The maximum absolute atomic E-state index is 13.1. The molecule has 7 heteroatoms. The fraction of sp³-hybridized carbons (Fsp3) is 0.750. The van der Waals surface area contributed by atoms with Crippen molar-refractivity contribution in [3.63, 3.8) is 0 Å². The van der Waals surface area contributed by atoms with Crippen molar-refractivity contribution >= 4 is 5.91 Å². The van der Waals surface area contributed by atoms with E-state index in [0.29, 0.717) is 36.3 Å². The fourth-order valence-corrected chi connectivity index (χ4v) is 4.81. The van der Waals surface area contributed by atoms with Crippen LogP contribution in [0.1, 0.15) is 82.5 Å². The molecule has 1 N–H and O–H groups in total. The molecule has 1 aromatic heterocycles. The van der Waals surface area contributed by atoms with E-state index in [1.165, 1.54) is 12.8 Å². The number of hydrogen-bond acceptors (Lipinski definition) is 3. The molecule has 1 aliphatic heterocycles. The first-order valence-electron chi connectivity index (χ1n) is 11.8. The van der Waals surface area contributed by atoms with E-state index < -0.39 is 11.7 Å². The van der Waals surface area contributed by atoms with Crippen LogP contribution in [-0.2, 0) is 23.9 Å². The second-order valence-electron chi connectivity index (χ2n) is 9.41. The van der Waals surface area contributed by atoms with Gasteiger partial charge in [-0.15, -0.1) is 0 Å². The lowest BCUT2D eigenvalue weighted by Crippen LogP contribution is -2.41. The largest absolute Gasteiger partial charge is 0.417 e. The van der Waals surface area contributed by atoms with E-state index in [-0.39, 0.29) is 18.4 Å². The number of carbonyl (C=O) groups is 1. The van der Waals surface area contributed by atoms with Gasteiger partial charge in [-0.2, -0.15) is 13.2 Å². The number of hydrogen-bond donors (Lipinski definition) is 1. The van der Waals surface area contributed by atoms with Gasteiger partial charge in [-0.3, -0.25) is 9.78 Å². The monoisotopic (exact) mass is 439 g/mol. The zero-order valence-electron chi connectivity index (χ0n) is 19.0. The lowest BCUT2D eigenvalue weighted by molar-refractivity contribution is -0.137. The number of fused-ring (bicyclic) bond motifs is 1. The van der Waals surface area contributed by atoms with Crippen LogP contribution in [0.5, 0.6) is 0 Å². The maximum atomic E-state index is 13.1. The summed E-state index contributed by atoms with van der Waals surface area (Å²) < 4.78 is 39.1. The number of alkyl halides is 3. The Labute approximate surface area is 184 Å². The number of pyridine rings is 1. The van der Waals surface area contributed by atoms with Crippen molar-refractivity contribution in [2.75, 3.05) is 6.54 Å². The van der Waals surface area contributed by atoms with Crippen molar-refractivity contribution < 1.29 is 18.0 Å². The third kappa shape index (κ3) is 6.21. The number of nitrogens with zero attached hydrogens (tertiary/aromatic N) is 2. The van der Waals surface area contributed by atoms with E-state index in [1.54, 1.807) is 4.90 Å². The van der Waals surface area contributed by atoms with Crippen LogP contribution < -0.4 is 5.32 Å². The van der Waals surface area contributed by atoms with E-state index in [4.69, 9.17) is 0 Å². The van der Waals surface area contributed by atoms with Crippen molar-refractivity contribution in [1.82, 2.24) is 15.2 Å². The van der Waals surface area contributed by atoms with Crippen molar-refractivity contribution in [3.05, 3.63) is 29.1 Å². The molecule has 3 rings (SSSR count). The third-order valence-electron chi connectivity index (χ3n) is 7.13. The molecule has 4 unspecified atom stereocenters. The van der Waals surface area contributed by atoms with Crippen molar-refractivity contribution in [3.8, 4) is 0 Å². The third-order valence-corrected chi connectivity index (χ3v) is 7.13. The van der Waals surface area contributed by atoms with Gasteiger partial charge in [-0.1, -0.05) is 27.2 Å². The predicted molar refractivity (Wildman–Crippen MR) is 115 cm³/mol. The van der Waals surface area contributed by atoms with Gasteiger partial charge >= 0.3 is 6.18 Å². The molecule has 1 amide bonds. The van der Waals surface area contributed by atoms with Gasteiger partial charge < -0.3 is 10.2 Å². The van der Waals surface area contributed by atoms with Crippen LogP contribution in [0.3, 0.4) is 0 Å². The Balaban J connectivity index is 1.55. The van der Waals surface area contributed by atoms with Gasteiger partial charge in [-0.05, 0) is 56.1 Å². The zero-order valence-corrected chi connectivity index (χ0v) is 19.0. The molecule has 0 bridgehead atoms. The summed E-state index contributed by atoms with van der Waals surface area (Å²) in [5, 5.41) is 3.77. The highest BCUT2D eigenvalue weighted by Crippen LogP contribution is 2.33. The molecule has 0 aromatic carbocycles. The van der Waals surface area contributed by atoms with Crippen molar-refractivity contribution in [1.29, 1.82) is 0 Å². The Bertz CT molecular complexity index is 752. The molecular formula is C24H36F3N3O. The normalized spacial score (nSPS) is 23.5. The lowest BCUT2D eigenvalue weighted by atomic mass is 9.97. The number of aromatic nitrogens is 1. The summed E-state index contributed by atoms with van der Waals surface area (Å²) in [7, 11) is 0. The fourth-order valence-electron chi connectivity index (χ4n) is 4.81. The molecule has 31 heavy (non-hydrogen) atoms. The highest BCUT2D eigenvalue weighted by Gasteiger charge is 2.36. The minimum Gasteiger partial charge on any atom is -0.338 e. The number of nitrogens with one attached hydrogen (secondary N) is 1. The van der Waals surface area contributed by atoms with Gasteiger partial charge in [0.15, 0.2) is 0 Å². The summed E-state index contributed by atoms with van der Waals surface area (Å²) in [4.78, 5) is 18.8. The van der Waals surface area contributed by atoms with E-state index in [2.05, 4.69) is 31.1 Å². The molecule has 1 aromatic rings. The summed E-state index contributed by atoms with van der Waals surface area (Å²) >= 11 is 0. The van der Waals surface area contributed by atoms with E-state index in [1.807, 2.05) is 0 Å². The molecule has 0 spiro atoms. The summed E-state index contributed by atoms with van der Waals surface area (Å²) in [5.41, 5.74) is 0.460. The van der Waals surface area contributed by atoms with Crippen LogP contribution in [0.15, 0.2) is 12.3 Å². The Morgan fingerprint density at radius 3 is 2.71 bits per heavy atom. The Kier molecular flexibility index (Phi) is 8.00.